The molecular formula is C24H29N7O3. The molecule has 5 rings (SSSR count). The van der Waals surface area contributed by atoms with Gasteiger partial charge < -0.3 is 20.1 Å². The molecule has 3 aromatic heterocycles. The quantitative estimate of drug-likeness (QED) is 0.626. The summed E-state index contributed by atoms with van der Waals surface area (Å²) >= 11 is 0. The van der Waals surface area contributed by atoms with Crippen molar-refractivity contribution in [3.63, 3.8) is 0 Å². The number of amides is 1. The van der Waals surface area contributed by atoms with Crippen molar-refractivity contribution in [3.05, 3.63) is 48.0 Å². The number of nitrogens with zero attached hydrogens (tertiary/aromatic N) is 6. The molecular weight excluding hydrogens is 434 g/mol. The van der Waals surface area contributed by atoms with Gasteiger partial charge in [-0.25, -0.2) is 9.78 Å². The molecule has 10 nitrogen and oxygen atoms in total. The molecule has 178 valence electrons. The Morgan fingerprint density at radius 1 is 1.24 bits per heavy atom. The summed E-state index contributed by atoms with van der Waals surface area (Å²) in [5.41, 5.74) is 8.90. The van der Waals surface area contributed by atoms with Gasteiger partial charge in [0.15, 0.2) is 11.6 Å². The number of carbonyl (C=O) groups is 1. The lowest BCUT2D eigenvalue weighted by Gasteiger charge is -2.26. The van der Waals surface area contributed by atoms with Crippen LogP contribution in [0.25, 0.3) is 11.3 Å². The number of aryl methyl sites for hydroxylation is 1. The van der Waals surface area contributed by atoms with Gasteiger partial charge in [-0.2, -0.15) is 15.3 Å². The van der Waals surface area contributed by atoms with Gasteiger partial charge >= 0.3 is 6.09 Å². The fourth-order valence-corrected chi connectivity index (χ4v) is 4.64. The van der Waals surface area contributed by atoms with E-state index in [0.29, 0.717) is 30.4 Å². The first-order valence-electron chi connectivity index (χ1n) is 11.4. The van der Waals surface area contributed by atoms with Crippen molar-refractivity contribution in [1.29, 1.82) is 0 Å². The van der Waals surface area contributed by atoms with Crippen molar-refractivity contribution >= 4 is 11.9 Å². The number of fused-ring (bicyclic) bond motifs is 2. The Morgan fingerprint density at radius 2 is 2.06 bits per heavy atom. The van der Waals surface area contributed by atoms with Crippen LogP contribution in [0.5, 0.6) is 5.75 Å². The predicted molar refractivity (Wildman–Crippen MR) is 125 cm³/mol. The molecule has 1 spiro atoms. The Morgan fingerprint density at radius 3 is 2.82 bits per heavy atom. The molecule has 0 radical (unpaired) electrons. The van der Waals surface area contributed by atoms with Crippen molar-refractivity contribution in [1.82, 2.24) is 29.9 Å². The molecule has 5 heterocycles. The highest BCUT2D eigenvalue weighted by molar-refractivity contribution is 5.69. The molecule has 2 aliphatic heterocycles. The fourth-order valence-electron chi connectivity index (χ4n) is 4.64. The van der Waals surface area contributed by atoms with Crippen LogP contribution in [0.4, 0.5) is 10.6 Å². The molecule has 0 aliphatic carbocycles. The Kier molecular flexibility index (Phi) is 5.38. The maximum atomic E-state index is 12.6. The predicted octanol–water partition coefficient (Wildman–Crippen LogP) is 3.18. The smallest absolute Gasteiger partial charge is 0.410 e. The van der Waals surface area contributed by atoms with E-state index < -0.39 is 5.60 Å². The maximum absolute atomic E-state index is 12.6. The number of hydrogen-bond donors (Lipinski definition) is 1. The number of ether oxygens (including phenoxy) is 2. The maximum Gasteiger partial charge on any atom is 0.410 e. The van der Waals surface area contributed by atoms with E-state index in [1.807, 2.05) is 42.5 Å². The average Bonchev–Trinajstić information content (AvgIpc) is 3.50. The summed E-state index contributed by atoms with van der Waals surface area (Å²) in [4.78, 5) is 18.7. The lowest BCUT2D eigenvalue weighted by atomic mass is 9.82. The molecule has 2 aliphatic rings. The van der Waals surface area contributed by atoms with E-state index in [-0.39, 0.29) is 18.1 Å². The monoisotopic (exact) mass is 463 g/mol. The Balaban J connectivity index is 1.34. The Hall–Kier alpha value is -3.69. The van der Waals surface area contributed by atoms with Crippen LogP contribution in [0.1, 0.15) is 45.0 Å². The number of nitrogen functional groups attached to an aromatic ring is 1. The summed E-state index contributed by atoms with van der Waals surface area (Å²) in [6.45, 7) is 8.04. The number of pyridine rings is 1. The molecule has 10 heteroatoms. The van der Waals surface area contributed by atoms with Crippen LogP contribution in [0.2, 0.25) is 0 Å². The van der Waals surface area contributed by atoms with Gasteiger partial charge in [0, 0.05) is 48.7 Å². The highest BCUT2D eigenvalue weighted by atomic mass is 16.6. The highest BCUT2D eigenvalue weighted by Crippen LogP contribution is 2.44. The summed E-state index contributed by atoms with van der Waals surface area (Å²) in [6, 6.07) is 7.59. The van der Waals surface area contributed by atoms with Gasteiger partial charge in [0.25, 0.3) is 0 Å². The minimum atomic E-state index is -0.507. The first-order chi connectivity index (χ1) is 16.2. The van der Waals surface area contributed by atoms with Gasteiger partial charge in [0.05, 0.1) is 5.69 Å². The summed E-state index contributed by atoms with van der Waals surface area (Å²) in [6.07, 6.45) is 4.92. The third-order valence-corrected chi connectivity index (χ3v) is 6.31. The lowest BCUT2D eigenvalue weighted by molar-refractivity contribution is 0.0284. The normalized spacial score (nSPS) is 19.4. The molecule has 0 bridgehead atoms. The Bertz CT molecular complexity index is 1210. The zero-order valence-electron chi connectivity index (χ0n) is 19.7. The molecule has 1 atom stereocenters. The minimum absolute atomic E-state index is 0.102. The average molecular weight is 464 g/mol. The van der Waals surface area contributed by atoms with Gasteiger partial charge in [-0.05, 0) is 57.9 Å². The summed E-state index contributed by atoms with van der Waals surface area (Å²) in [5.74, 6) is 0.780. The van der Waals surface area contributed by atoms with Crippen LogP contribution in [0.15, 0.2) is 36.7 Å². The van der Waals surface area contributed by atoms with Gasteiger partial charge in [0.1, 0.15) is 17.9 Å². The molecule has 0 saturated carbocycles. The van der Waals surface area contributed by atoms with Crippen molar-refractivity contribution < 1.29 is 14.3 Å². The van der Waals surface area contributed by atoms with Gasteiger partial charge in [-0.1, -0.05) is 0 Å². The van der Waals surface area contributed by atoms with Crippen molar-refractivity contribution in [3.8, 4) is 17.0 Å². The molecule has 2 N–H and O–H groups in total. The Labute approximate surface area is 198 Å². The van der Waals surface area contributed by atoms with E-state index in [1.165, 1.54) is 0 Å². The van der Waals surface area contributed by atoms with Crippen LogP contribution in [0.3, 0.4) is 0 Å². The SMILES string of the molecule is CC(C)(C)OC(=O)N1CC[C@]2(CCn3nc(-c4cnc(N)c(OCc5cccnn5)c4)cc32)C1. The standard InChI is InChI=1S/C24H29N7O3/c1-23(2,3)34-22(32)30-9-6-24(15-30)7-10-31-20(24)12-18(29-31)16-11-19(21(25)26-13-16)33-14-17-5-4-8-27-28-17/h4-5,8,11-13H,6-7,9-10,14-15H2,1-3H3,(H2,25,26)/t24-/m0/s1. The van der Waals surface area contributed by atoms with E-state index in [2.05, 4.69) is 21.2 Å². The third kappa shape index (κ3) is 4.27. The number of aromatic nitrogens is 5. The second-order valence-electron chi connectivity index (χ2n) is 9.93. The zero-order valence-corrected chi connectivity index (χ0v) is 19.7. The van der Waals surface area contributed by atoms with Crippen molar-refractivity contribution in [2.24, 2.45) is 0 Å². The van der Waals surface area contributed by atoms with Gasteiger partial charge in [-0.15, -0.1) is 0 Å². The van der Waals surface area contributed by atoms with E-state index in [1.54, 1.807) is 18.5 Å². The second-order valence-corrected chi connectivity index (χ2v) is 9.93. The van der Waals surface area contributed by atoms with E-state index in [0.717, 1.165) is 36.3 Å². The van der Waals surface area contributed by atoms with Gasteiger partial charge in [0.2, 0.25) is 0 Å². The number of carbonyl (C=O) groups excluding carboxylic acids is 1. The number of anilines is 1. The summed E-state index contributed by atoms with van der Waals surface area (Å²) < 4.78 is 13.5. The van der Waals surface area contributed by atoms with Crippen LogP contribution in [0, 0.1) is 0 Å². The number of nitrogens with two attached hydrogens (primary N) is 1. The van der Waals surface area contributed by atoms with Crippen LogP contribution >= 0.6 is 0 Å². The molecule has 0 unspecified atom stereocenters. The van der Waals surface area contributed by atoms with E-state index in [9.17, 15) is 4.79 Å². The summed E-state index contributed by atoms with van der Waals surface area (Å²) in [5, 5.41) is 12.7. The molecule has 1 amide bonds. The molecule has 0 aromatic carbocycles. The fraction of sp³-hybridized carbons (Fsp3) is 0.458. The molecule has 1 saturated heterocycles. The number of likely N-dealkylation sites (tertiary alicyclic amines) is 1. The van der Waals surface area contributed by atoms with Crippen molar-refractivity contribution in [2.45, 2.75) is 57.8 Å². The van der Waals surface area contributed by atoms with Crippen molar-refractivity contribution in [2.75, 3.05) is 18.8 Å². The zero-order chi connectivity index (χ0) is 23.9. The highest BCUT2D eigenvalue weighted by Gasteiger charge is 2.47. The first-order valence-corrected chi connectivity index (χ1v) is 11.4. The van der Waals surface area contributed by atoms with Gasteiger partial charge in [-0.3, -0.25) is 4.68 Å². The third-order valence-electron chi connectivity index (χ3n) is 6.31. The second kappa shape index (κ2) is 8.27. The molecule has 34 heavy (non-hydrogen) atoms. The van der Waals surface area contributed by atoms with Crippen LogP contribution < -0.4 is 10.5 Å². The minimum Gasteiger partial charge on any atom is -0.483 e. The molecule has 1 fully saturated rings. The largest absolute Gasteiger partial charge is 0.483 e. The number of rotatable bonds is 4. The van der Waals surface area contributed by atoms with E-state index >= 15 is 0 Å². The molecule has 3 aromatic rings. The van der Waals surface area contributed by atoms with Crippen LogP contribution in [-0.2, 0) is 23.3 Å². The first kappa shape index (κ1) is 22.1. The van der Waals surface area contributed by atoms with E-state index in [4.69, 9.17) is 20.3 Å². The summed E-state index contributed by atoms with van der Waals surface area (Å²) in [7, 11) is 0. The topological polar surface area (TPSA) is 121 Å². The number of hydrogen-bond acceptors (Lipinski definition) is 8. The lowest BCUT2D eigenvalue weighted by Crippen LogP contribution is -2.37. The van der Waals surface area contributed by atoms with Crippen LogP contribution in [-0.4, -0.2) is 54.6 Å².